The molecule has 2 amide bonds. The van der Waals surface area contributed by atoms with Crippen LogP contribution in [-0.4, -0.2) is 34.8 Å². The third-order valence-electron chi connectivity index (χ3n) is 6.06. The van der Waals surface area contributed by atoms with Crippen molar-refractivity contribution < 1.29 is 9.59 Å². The molecule has 0 aromatic heterocycles. The molecular formula is C21H30N4O2. The fraction of sp³-hybridized carbons (Fsp3) is 0.571. The van der Waals surface area contributed by atoms with Crippen molar-refractivity contribution in [1.29, 1.82) is 0 Å². The number of aliphatic imine (C=N–C) groups is 1. The predicted molar refractivity (Wildman–Crippen MR) is 106 cm³/mol. The van der Waals surface area contributed by atoms with E-state index in [1.54, 1.807) is 4.90 Å². The molecule has 3 unspecified atom stereocenters. The molecule has 3 rings (SSSR count). The second-order valence-corrected chi connectivity index (χ2v) is 7.83. The molecule has 3 atom stereocenters. The summed E-state index contributed by atoms with van der Waals surface area (Å²) >= 11 is 0. The van der Waals surface area contributed by atoms with E-state index in [1.165, 1.54) is 0 Å². The van der Waals surface area contributed by atoms with Gasteiger partial charge in [0.2, 0.25) is 11.8 Å². The summed E-state index contributed by atoms with van der Waals surface area (Å²) in [5.41, 5.74) is 6.83. The van der Waals surface area contributed by atoms with Gasteiger partial charge < -0.3 is 11.1 Å². The van der Waals surface area contributed by atoms with Gasteiger partial charge in [-0.15, -0.1) is 0 Å². The number of amides is 2. The van der Waals surface area contributed by atoms with Gasteiger partial charge in [0.05, 0.1) is 18.0 Å². The lowest BCUT2D eigenvalue weighted by Gasteiger charge is -2.36. The number of carbonyl (C=O) groups is 2. The fourth-order valence-corrected chi connectivity index (χ4v) is 3.85. The number of hydrogen-bond donors (Lipinski definition) is 2. The zero-order chi connectivity index (χ0) is 19.6. The minimum absolute atomic E-state index is 0.0231. The largest absolute Gasteiger partial charge is 0.369 e. The Kier molecular flexibility index (Phi) is 5.53. The van der Waals surface area contributed by atoms with Gasteiger partial charge in [-0.2, -0.15) is 0 Å². The first-order valence-corrected chi connectivity index (χ1v) is 9.90. The second-order valence-electron chi connectivity index (χ2n) is 7.83. The third kappa shape index (κ3) is 4.15. The molecule has 0 spiro atoms. The van der Waals surface area contributed by atoms with E-state index >= 15 is 0 Å². The van der Waals surface area contributed by atoms with Crippen molar-refractivity contribution in [3.63, 3.8) is 0 Å². The van der Waals surface area contributed by atoms with Crippen LogP contribution < -0.4 is 11.1 Å². The Hall–Kier alpha value is -2.37. The molecular weight excluding hydrogens is 340 g/mol. The van der Waals surface area contributed by atoms with E-state index in [1.807, 2.05) is 51.1 Å². The van der Waals surface area contributed by atoms with Gasteiger partial charge in [0.25, 0.3) is 0 Å². The van der Waals surface area contributed by atoms with Crippen LogP contribution in [0.15, 0.2) is 35.3 Å². The molecule has 146 valence electrons. The van der Waals surface area contributed by atoms with E-state index in [2.05, 4.69) is 10.3 Å². The molecule has 0 radical (unpaired) electrons. The highest BCUT2D eigenvalue weighted by Gasteiger charge is 2.46. The minimum atomic E-state index is -0.358. The first kappa shape index (κ1) is 19.4. The molecule has 1 fully saturated rings. The fourth-order valence-electron chi connectivity index (χ4n) is 3.85. The van der Waals surface area contributed by atoms with Crippen LogP contribution in [-0.2, 0) is 9.59 Å². The molecule has 1 aromatic carbocycles. The smallest absolute Gasteiger partial charge is 0.231 e. The van der Waals surface area contributed by atoms with Crippen LogP contribution in [0.1, 0.15) is 58.1 Å². The molecule has 27 heavy (non-hydrogen) atoms. The minimum Gasteiger partial charge on any atom is -0.369 e. The maximum absolute atomic E-state index is 12.6. The number of rotatable bonds is 7. The summed E-state index contributed by atoms with van der Waals surface area (Å²) < 4.78 is 0. The van der Waals surface area contributed by atoms with Gasteiger partial charge in [0.1, 0.15) is 0 Å². The standard InChI is InChI=1S/C21H30N4O2/c1-4-21(5-2)12-18(26)25(20(22)24-21)13-16-11-17(16)19(27)23-14(3)15-9-7-6-8-10-15/h6-10,14,16-17H,4-5,11-13H2,1-3H3,(H2,22,24)(H,23,27). The Morgan fingerprint density at radius 1 is 1.33 bits per heavy atom. The maximum atomic E-state index is 12.6. The Balaban J connectivity index is 1.56. The van der Waals surface area contributed by atoms with Gasteiger partial charge >= 0.3 is 0 Å². The molecule has 1 saturated carbocycles. The monoisotopic (exact) mass is 370 g/mol. The molecule has 1 aromatic rings. The summed E-state index contributed by atoms with van der Waals surface area (Å²) in [4.78, 5) is 31.3. The number of nitrogens with two attached hydrogens (primary N) is 1. The lowest BCUT2D eigenvalue weighted by Crippen LogP contribution is -2.52. The van der Waals surface area contributed by atoms with Crippen molar-refractivity contribution >= 4 is 17.8 Å². The molecule has 6 nitrogen and oxygen atoms in total. The van der Waals surface area contributed by atoms with E-state index in [-0.39, 0.29) is 35.2 Å². The van der Waals surface area contributed by atoms with E-state index in [0.717, 1.165) is 24.8 Å². The number of guanidine groups is 1. The van der Waals surface area contributed by atoms with Gasteiger partial charge in [-0.1, -0.05) is 44.2 Å². The SMILES string of the molecule is CCC1(CC)CC(=O)N(CC2CC2C(=O)NC(C)c2ccccc2)C(N)=N1. The van der Waals surface area contributed by atoms with Crippen molar-refractivity contribution in [1.82, 2.24) is 10.2 Å². The zero-order valence-corrected chi connectivity index (χ0v) is 16.4. The molecule has 0 bridgehead atoms. The highest BCUT2D eigenvalue weighted by atomic mass is 16.2. The third-order valence-corrected chi connectivity index (χ3v) is 6.06. The van der Waals surface area contributed by atoms with Gasteiger partial charge in [0.15, 0.2) is 5.96 Å². The van der Waals surface area contributed by atoms with Crippen molar-refractivity contribution in [2.24, 2.45) is 22.6 Å². The summed E-state index contributed by atoms with van der Waals surface area (Å²) in [6.45, 7) is 6.55. The Morgan fingerprint density at radius 3 is 2.59 bits per heavy atom. The number of benzene rings is 1. The number of nitrogens with one attached hydrogen (secondary N) is 1. The van der Waals surface area contributed by atoms with Crippen LogP contribution in [0.2, 0.25) is 0 Å². The van der Waals surface area contributed by atoms with Crippen LogP contribution in [0, 0.1) is 11.8 Å². The zero-order valence-electron chi connectivity index (χ0n) is 16.4. The Morgan fingerprint density at radius 2 is 2.00 bits per heavy atom. The van der Waals surface area contributed by atoms with Gasteiger partial charge in [-0.3, -0.25) is 14.5 Å². The second kappa shape index (κ2) is 7.71. The lowest BCUT2D eigenvalue weighted by molar-refractivity contribution is -0.130. The maximum Gasteiger partial charge on any atom is 0.231 e. The Bertz CT molecular complexity index is 727. The topological polar surface area (TPSA) is 87.8 Å². The summed E-state index contributed by atoms with van der Waals surface area (Å²) in [7, 11) is 0. The highest BCUT2D eigenvalue weighted by Crippen LogP contribution is 2.40. The predicted octanol–water partition coefficient (Wildman–Crippen LogP) is 2.61. The quantitative estimate of drug-likeness (QED) is 0.773. The molecule has 0 saturated heterocycles. The molecule has 3 N–H and O–H groups in total. The molecule has 2 aliphatic rings. The van der Waals surface area contributed by atoms with E-state index in [4.69, 9.17) is 5.73 Å². The molecule has 6 heteroatoms. The summed E-state index contributed by atoms with van der Waals surface area (Å²) in [5, 5.41) is 3.08. The van der Waals surface area contributed by atoms with Gasteiger partial charge in [-0.25, -0.2) is 4.99 Å². The number of nitrogens with zero attached hydrogens (tertiary/aromatic N) is 2. The van der Waals surface area contributed by atoms with Crippen LogP contribution in [0.5, 0.6) is 0 Å². The first-order valence-electron chi connectivity index (χ1n) is 9.90. The van der Waals surface area contributed by atoms with E-state index in [9.17, 15) is 9.59 Å². The van der Waals surface area contributed by atoms with Crippen molar-refractivity contribution in [3.05, 3.63) is 35.9 Å². The summed E-state index contributed by atoms with van der Waals surface area (Å²) in [5.74, 6) is 0.476. The summed E-state index contributed by atoms with van der Waals surface area (Å²) in [6, 6.07) is 9.88. The van der Waals surface area contributed by atoms with Crippen LogP contribution >= 0.6 is 0 Å². The molecule has 1 aliphatic carbocycles. The lowest BCUT2D eigenvalue weighted by atomic mass is 9.88. The average Bonchev–Trinajstić information content (AvgIpc) is 3.44. The van der Waals surface area contributed by atoms with Gasteiger partial charge in [0, 0.05) is 12.5 Å². The molecule has 1 aliphatic heterocycles. The van der Waals surface area contributed by atoms with Crippen molar-refractivity contribution in [2.45, 2.75) is 58.0 Å². The number of carbonyl (C=O) groups excluding carboxylic acids is 2. The van der Waals surface area contributed by atoms with Crippen LogP contribution in [0.25, 0.3) is 0 Å². The molecule has 1 heterocycles. The van der Waals surface area contributed by atoms with E-state index < -0.39 is 0 Å². The summed E-state index contributed by atoms with van der Waals surface area (Å²) in [6.07, 6.45) is 2.79. The highest BCUT2D eigenvalue weighted by molar-refractivity contribution is 5.99. The van der Waals surface area contributed by atoms with Gasteiger partial charge in [-0.05, 0) is 37.7 Å². The van der Waals surface area contributed by atoms with E-state index in [0.29, 0.717) is 18.9 Å². The van der Waals surface area contributed by atoms with Crippen LogP contribution in [0.3, 0.4) is 0 Å². The Labute approximate surface area is 161 Å². The normalized spacial score (nSPS) is 24.9. The van der Waals surface area contributed by atoms with Crippen molar-refractivity contribution in [3.8, 4) is 0 Å². The van der Waals surface area contributed by atoms with Crippen molar-refractivity contribution in [2.75, 3.05) is 6.54 Å². The van der Waals surface area contributed by atoms with Crippen LogP contribution in [0.4, 0.5) is 0 Å². The first-order chi connectivity index (χ1) is 12.9. The number of hydrogen-bond acceptors (Lipinski definition) is 4. The average molecular weight is 370 g/mol.